The van der Waals surface area contributed by atoms with Crippen LogP contribution in [0.5, 0.6) is 0 Å². The molecule has 1 heterocycles. The lowest BCUT2D eigenvalue weighted by Gasteiger charge is -2.33. The van der Waals surface area contributed by atoms with Crippen LogP contribution in [-0.2, 0) is 4.74 Å². The van der Waals surface area contributed by atoms with E-state index in [1.165, 1.54) is 0 Å². The van der Waals surface area contributed by atoms with Gasteiger partial charge in [0, 0.05) is 6.42 Å². The van der Waals surface area contributed by atoms with Gasteiger partial charge in [0.05, 0.1) is 12.7 Å². The Morgan fingerprint density at radius 2 is 1.82 bits per heavy atom. The van der Waals surface area contributed by atoms with E-state index < -0.39 is 24.6 Å². The van der Waals surface area contributed by atoms with Crippen molar-refractivity contribution in [2.75, 3.05) is 6.61 Å². The van der Waals surface area contributed by atoms with Crippen LogP contribution in [0.4, 0.5) is 0 Å². The molecule has 1 aliphatic rings. The number of hydrogen-bond acceptors (Lipinski definition) is 5. The van der Waals surface area contributed by atoms with Crippen LogP contribution < -0.4 is 0 Å². The van der Waals surface area contributed by atoms with Crippen molar-refractivity contribution < 1.29 is 25.2 Å². The normalized spacial score (nSPS) is 45.8. The number of ether oxygens (including phenoxy) is 1. The van der Waals surface area contributed by atoms with Gasteiger partial charge in [0.15, 0.2) is 6.29 Å². The molecule has 0 radical (unpaired) electrons. The largest absolute Gasteiger partial charge is 0.394 e. The zero-order valence-electron chi connectivity index (χ0n) is 5.92. The molecule has 0 saturated carbocycles. The summed E-state index contributed by atoms with van der Waals surface area (Å²) in [6.45, 7) is -0.356. The molecule has 1 rings (SSSR count). The fourth-order valence-electron chi connectivity index (χ4n) is 1.04. The van der Waals surface area contributed by atoms with E-state index in [0.717, 1.165) is 0 Å². The Hall–Kier alpha value is -0.200. The number of hydrogen-bond donors (Lipinski definition) is 4. The third kappa shape index (κ3) is 1.88. The Bertz CT molecular complexity index is 128. The van der Waals surface area contributed by atoms with Crippen molar-refractivity contribution in [3.8, 4) is 0 Å². The molecular formula is C6H12O5. The lowest BCUT2D eigenvalue weighted by Crippen LogP contribution is -2.48. The molecule has 66 valence electrons. The predicted octanol–water partition coefficient (Wildman–Crippen LogP) is -2.19. The van der Waals surface area contributed by atoms with Crippen LogP contribution in [0.1, 0.15) is 6.42 Å². The molecule has 1 fully saturated rings. The molecule has 0 amide bonds. The lowest BCUT2D eigenvalue weighted by molar-refractivity contribution is -0.251. The Morgan fingerprint density at radius 1 is 1.18 bits per heavy atom. The van der Waals surface area contributed by atoms with Crippen molar-refractivity contribution in [3.63, 3.8) is 0 Å². The molecule has 5 heteroatoms. The molecule has 0 aromatic heterocycles. The Morgan fingerprint density at radius 3 is 2.36 bits per heavy atom. The monoisotopic (exact) mass is 164 g/mol. The highest BCUT2D eigenvalue weighted by atomic mass is 16.6. The maximum atomic E-state index is 9.10. The molecule has 0 unspecified atom stereocenters. The van der Waals surface area contributed by atoms with E-state index >= 15 is 0 Å². The van der Waals surface area contributed by atoms with Gasteiger partial charge in [0.1, 0.15) is 12.2 Å². The summed E-state index contributed by atoms with van der Waals surface area (Å²) in [5.41, 5.74) is 0. The van der Waals surface area contributed by atoms with E-state index in [1.54, 1.807) is 0 Å². The Labute approximate surface area is 63.8 Å². The van der Waals surface area contributed by atoms with Crippen LogP contribution in [-0.4, -0.2) is 51.6 Å². The van der Waals surface area contributed by atoms with Crippen LogP contribution in [0.3, 0.4) is 0 Å². The van der Waals surface area contributed by atoms with Gasteiger partial charge in [-0.15, -0.1) is 0 Å². The quantitative estimate of drug-likeness (QED) is 0.353. The average molecular weight is 164 g/mol. The van der Waals surface area contributed by atoms with Crippen LogP contribution in [0.25, 0.3) is 0 Å². The maximum Gasteiger partial charge on any atom is 0.181 e. The second-order valence-electron chi connectivity index (χ2n) is 2.62. The van der Waals surface area contributed by atoms with Crippen molar-refractivity contribution in [1.82, 2.24) is 0 Å². The van der Waals surface area contributed by atoms with Crippen LogP contribution in [0.2, 0.25) is 0 Å². The minimum Gasteiger partial charge on any atom is -0.394 e. The van der Waals surface area contributed by atoms with Crippen molar-refractivity contribution >= 4 is 0 Å². The van der Waals surface area contributed by atoms with Crippen molar-refractivity contribution in [3.05, 3.63) is 0 Å². The summed E-state index contributed by atoms with van der Waals surface area (Å²) in [5.74, 6) is 0. The molecule has 4 atom stereocenters. The van der Waals surface area contributed by atoms with Crippen molar-refractivity contribution in [1.29, 1.82) is 0 Å². The van der Waals surface area contributed by atoms with E-state index in [0.29, 0.717) is 0 Å². The molecule has 4 N–H and O–H groups in total. The summed E-state index contributed by atoms with van der Waals surface area (Å²) >= 11 is 0. The third-order valence-electron chi connectivity index (χ3n) is 1.74. The third-order valence-corrected chi connectivity index (χ3v) is 1.74. The highest BCUT2D eigenvalue weighted by Gasteiger charge is 2.34. The van der Waals surface area contributed by atoms with E-state index in [2.05, 4.69) is 4.74 Å². The Balaban J connectivity index is 2.48. The van der Waals surface area contributed by atoms with Gasteiger partial charge in [-0.05, 0) is 0 Å². The smallest absolute Gasteiger partial charge is 0.181 e. The lowest BCUT2D eigenvalue weighted by atomic mass is 10.0. The summed E-state index contributed by atoms with van der Waals surface area (Å²) < 4.78 is 4.67. The summed E-state index contributed by atoms with van der Waals surface area (Å²) in [6.07, 6.45) is -4.01. The minimum absolute atomic E-state index is 0.0341. The fraction of sp³-hybridized carbons (Fsp3) is 1.00. The van der Waals surface area contributed by atoms with E-state index in [4.69, 9.17) is 20.4 Å². The van der Waals surface area contributed by atoms with Gasteiger partial charge in [-0.3, -0.25) is 0 Å². The van der Waals surface area contributed by atoms with Gasteiger partial charge in [-0.1, -0.05) is 0 Å². The molecule has 5 nitrogen and oxygen atoms in total. The molecule has 1 aliphatic heterocycles. The molecule has 0 aliphatic carbocycles. The SMILES string of the molecule is OC[C@H]1O[C@H](O)[C@H](O)C[C@@H]1O. The first-order valence-electron chi connectivity index (χ1n) is 3.45. The standard InChI is InChI=1S/C6H12O5/c7-2-5-3(8)1-4(9)6(10)11-5/h3-10H,1-2H2/t3-,4+,5+,6-/m0/s1. The molecule has 0 aromatic carbocycles. The van der Waals surface area contributed by atoms with Gasteiger partial charge in [-0.2, -0.15) is 0 Å². The Kier molecular flexibility index (Phi) is 2.80. The summed E-state index contributed by atoms with van der Waals surface area (Å²) in [4.78, 5) is 0. The van der Waals surface area contributed by atoms with Gasteiger partial charge in [-0.25, -0.2) is 0 Å². The van der Waals surface area contributed by atoms with Gasteiger partial charge in [0.2, 0.25) is 0 Å². The van der Waals surface area contributed by atoms with E-state index in [1.807, 2.05) is 0 Å². The number of rotatable bonds is 1. The minimum atomic E-state index is -1.30. The van der Waals surface area contributed by atoms with Crippen LogP contribution in [0, 0.1) is 0 Å². The molecule has 0 spiro atoms. The first-order chi connectivity index (χ1) is 5.15. The molecular weight excluding hydrogens is 152 g/mol. The van der Waals surface area contributed by atoms with Gasteiger partial charge >= 0.3 is 0 Å². The van der Waals surface area contributed by atoms with E-state index in [9.17, 15) is 0 Å². The van der Waals surface area contributed by atoms with Crippen LogP contribution in [0.15, 0.2) is 0 Å². The second kappa shape index (κ2) is 3.46. The summed E-state index contributed by atoms with van der Waals surface area (Å²) in [5, 5.41) is 35.5. The maximum absolute atomic E-state index is 9.10. The first-order valence-corrected chi connectivity index (χ1v) is 3.45. The van der Waals surface area contributed by atoms with Gasteiger partial charge < -0.3 is 25.2 Å². The topological polar surface area (TPSA) is 90.2 Å². The molecule has 0 bridgehead atoms. The number of aliphatic hydroxyl groups is 4. The zero-order chi connectivity index (χ0) is 8.43. The molecule has 0 aromatic rings. The van der Waals surface area contributed by atoms with Crippen molar-refractivity contribution in [2.24, 2.45) is 0 Å². The average Bonchev–Trinajstić information content (AvgIpc) is 1.97. The summed E-state index contributed by atoms with van der Waals surface area (Å²) in [6, 6.07) is 0. The highest BCUT2D eigenvalue weighted by molar-refractivity contribution is 4.79. The zero-order valence-corrected chi connectivity index (χ0v) is 5.92. The molecule has 1 saturated heterocycles. The van der Waals surface area contributed by atoms with Crippen molar-refractivity contribution in [2.45, 2.75) is 31.0 Å². The van der Waals surface area contributed by atoms with Crippen LogP contribution >= 0.6 is 0 Å². The first kappa shape index (κ1) is 8.89. The van der Waals surface area contributed by atoms with E-state index in [-0.39, 0.29) is 13.0 Å². The predicted molar refractivity (Wildman–Crippen MR) is 34.6 cm³/mol. The highest BCUT2D eigenvalue weighted by Crippen LogP contribution is 2.18. The fourth-order valence-corrected chi connectivity index (χ4v) is 1.04. The molecule has 11 heavy (non-hydrogen) atoms. The number of aliphatic hydroxyl groups excluding tert-OH is 4. The summed E-state index contributed by atoms with van der Waals surface area (Å²) in [7, 11) is 0. The second-order valence-corrected chi connectivity index (χ2v) is 2.62. The van der Waals surface area contributed by atoms with Gasteiger partial charge in [0.25, 0.3) is 0 Å².